The number of carbonyl (C=O) groups is 8. The van der Waals surface area contributed by atoms with Crippen LogP contribution in [0.3, 0.4) is 0 Å². The Bertz CT molecular complexity index is 2960. The van der Waals surface area contributed by atoms with Gasteiger partial charge in [0.25, 0.3) is 5.91 Å². The number of amides is 8. The minimum atomic E-state index is -1.76. The molecule has 0 radical (unpaired) electrons. The minimum Gasteiger partial charge on any atom is -0.508 e. The number of phenols is 1. The second-order valence-electron chi connectivity index (χ2n) is 23.4. The number of piperidine rings is 1. The lowest BCUT2D eigenvalue weighted by molar-refractivity contribution is -0.148. The molecule has 4 bridgehead atoms. The molecule has 14 atom stereocenters. The van der Waals surface area contributed by atoms with Crippen molar-refractivity contribution in [3.8, 4) is 5.75 Å². The van der Waals surface area contributed by atoms with Gasteiger partial charge >= 0.3 is 0 Å². The molecule has 20 nitrogen and oxygen atoms in total. The second kappa shape index (κ2) is 20.0. The van der Waals surface area contributed by atoms with Gasteiger partial charge in [-0.15, -0.1) is 0 Å². The molecule has 0 aromatic heterocycles. The first-order chi connectivity index (χ1) is 37.3. The van der Waals surface area contributed by atoms with Crippen molar-refractivity contribution < 1.29 is 48.6 Å². The molecular formula is C58H72N10O10. The predicted octanol–water partition coefficient (Wildman–Crippen LogP) is 2.20. The zero-order valence-corrected chi connectivity index (χ0v) is 45.1. The SMILES string of the molecule is CCC(C)[C@@H]1NC(=O)[C@@H]2CCCN2C(=O)[C@H](C(C)C)NC(=O)[C@@H]2CCCN2C(=O)[C@H](C(C)CC)NC(=O)[C@@H]2C[C@@]3(O)c4ccccc4N([C@H]3N2)[C@]23C[C@H](NC1=O)C(=O)N1[C@@H](Cc4ccc(O)cc4)C(=O)N(c4ccccc42)[C@@H]13. The number of aromatic hydroxyl groups is 1. The third kappa shape index (κ3) is 8.20. The number of carbonyl (C=O) groups excluding carboxylic acids is 8. The van der Waals surface area contributed by atoms with Crippen LogP contribution in [-0.4, -0.2) is 146 Å². The average molecular weight is 1070 g/mol. The largest absolute Gasteiger partial charge is 0.508 e. The molecule has 8 amide bonds. The van der Waals surface area contributed by atoms with E-state index in [0.29, 0.717) is 66.6 Å². The van der Waals surface area contributed by atoms with E-state index < -0.39 is 125 Å². The van der Waals surface area contributed by atoms with Gasteiger partial charge < -0.3 is 51.1 Å². The van der Waals surface area contributed by atoms with Gasteiger partial charge in [0.15, 0.2) is 0 Å². The van der Waals surface area contributed by atoms with Gasteiger partial charge in [0.05, 0.1) is 11.7 Å². The molecule has 0 aliphatic carbocycles. The monoisotopic (exact) mass is 1070 g/mol. The van der Waals surface area contributed by atoms with Gasteiger partial charge in [-0.2, -0.15) is 0 Å². The lowest BCUT2D eigenvalue weighted by atomic mass is 9.76. The van der Waals surface area contributed by atoms with E-state index in [-0.39, 0.29) is 49.9 Å². The lowest BCUT2D eigenvalue weighted by Gasteiger charge is -2.54. The minimum absolute atomic E-state index is 0.0259. The summed E-state index contributed by atoms with van der Waals surface area (Å²) in [5.74, 6) is -5.34. The highest BCUT2D eigenvalue weighted by Crippen LogP contribution is 2.63. The van der Waals surface area contributed by atoms with Crippen molar-refractivity contribution >= 4 is 58.6 Å². The molecule has 8 heterocycles. The molecule has 0 saturated carbocycles. The molecule has 3 aromatic rings. The van der Waals surface area contributed by atoms with Crippen molar-refractivity contribution in [3.05, 3.63) is 89.5 Å². The summed E-state index contributed by atoms with van der Waals surface area (Å²) >= 11 is 0. The van der Waals surface area contributed by atoms with E-state index in [1.807, 2.05) is 69.0 Å². The molecule has 8 aliphatic heterocycles. The van der Waals surface area contributed by atoms with Gasteiger partial charge in [0.1, 0.15) is 71.5 Å². The van der Waals surface area contributed by atoms with E-state index in [2.05, 4.69) is 26.6 Å². The summed E-state index contributed by atoms with van der Waals surface area (Å²) in [4.78, 5) is 128. The van der Waals surface area contributed by atoms with Crippen LogP contribution in [0.15, 0.2) is 72.8 Å². The van der Waals surface area contributed by atoms with Crippen LogP contribution in [-0.2, 0) is 55.9 Å². The normalized spacial score (nSPS) is 33.7. The number of para-hydroxylation sites is 2. The quantitative estimate of drug-likeness (QED) is 0.180. The van der Waals surface area contributed by atoms with Crippen molar-refractivity contribution in [3.63, 3.8) is 0 Å². The van der Waals surface area contributed by atoms with Gasteiger partial charge in [-0.05, 0) is 73.3 Å². The number of rotatable bonds is 7. The Kier molecular flexibility index (Phi) is 13.6. The van der Waals surface area contributed by atoms with Gasteiger partial charge in [0.2, 0.25) is 41.4 Å². The van der Waals surface area contributed by atoms with E-state index in [9.17, 15) is 29.4 Å². The Balaban J connectivity index is 1.06. The van der Waals surface area contributed by atoms with Gasteiger partial charge in [-0.25, -0.2) is 0 Å². The van der Waals surface area contributed by atoms with Crippen LogP contribution in [0.1, 0.15) is 110 Å². The van der Waals surface area contributed by atoms with Gasteiger partial charge in [-0.1, -0.05) is 103 Å². The van der Waals surface area contributed by atoms with Crippen LogP contribution in [0.25, 0.3) is 0 Å². The lowest BCUT2D eigenvalue weighted by Crippen LogP contribution is -2.73. The fraction of sp³-hybridized carbons (Fsp3) is 0.552. The Hall–Kier alpha value is -7.06. The summed E-state index contributed by atoms with van der Waals surface area (Å²) in [5.41, 5.74) is -0.289. The van der Waals surface area contributed by atoms with Gasteiger partial charge in [0, 0.05) is 49.2 Å². The number of aliphatic hydroxyl groups is 1. The first-order valence-corrected chi connectivity index (χ1v) is 28.1. The Morgan fingerprint density at radius 2 is 1.17 bits per heavy atom. The molecule has 7 N–H and O–H groups in total. The number of nitrogens with one attached hydrogen (secondary N) is 5. The van der Waals surface area contributed by atoms with Crippen LogP contribution in [0, 0.1) is 17.8 Å². The summed E-state index contributed by atoms with van der Waals surface area (Å²) in [6.45, 7) is 11.5. The maximum absolute atomic E-state index is 15.7. The summed E-state index contributed by atoms with van der Waals surface area (Å²) < 4.78 is 0. The highest BCUT2D eigenvalue weighted by molar-refractivity contribution is 6.09. The van der Waals surface area contributed by atoms with E-state index in [4.69, 9.17) is 0 Å². The Morgan fingerprint density at radius 3 is 1.79 bits per heavy atom. The highest BCUT2D eigenvalue weighted by atomic mass is 16.3. The number of fused-ring (bicyclic) bond motifs is 9. The number of anilines is 2. The molecular weight excluding hydrogens is 997 g/mol. The van der Waals surface area contributed by atoms with E-state index in [1.165, 1.54) is 21.9 Å². The van der Waals surface area contributed by atoms with Crippen molar-refractivity contribution in [2.75, 3.05) is 22.9 Å². The maximum Gasteiger partial charge on any atom is 0.252 e. The van der Waals surface area contributed by atoms with Crippen molar-refractivity contribution in [2.45, 2.75) is 171 Å². The molecule has 20 heteroatoms. The predicted molar refractivity (Wildman–Crippen MR) is 286 cm³/mol. The third-order valence-corrected chi connectivity index (χ3v) is 18.6. The smallest absolute Gasteiger partial charge is 0.252 e. The van der Waals surface area contributed by atoms with Crippen molar-refractivity contribution in [2.24, 2.45) is 17.8 Å². The van der Waals surface area contributed by atoms with Crippen LogP contribution in [0.5, 0.6) is 5.75 Å². The molecule has 414 valence electrons. The first kappa shape index (κ1) is 53.0. The summed E-state index contributed by atoms with van der Waals surface area (Å²) in [5, 5.41) is 39.3. The molecule has 3 aromatic carbocycles. The number of phenolic OH excluding ortho intramolecular Hbond substituents is 1. The topological polar surface area (TPSA) is 253 Å². The molecule has 78 heavy (non-hydrogen) atoms. The number of hydrogen-bond donors (Lipinski definition) is 7. The molecule has 1 spiro atoms. The van der Waals surface area contributed by atoms with E-state index in [1.54, 1.807) is 47.9 Å². The zero-order chi connectivity index (χ0) is 55.3. The third-order valence-electron chi connectivity index (χ3n) is 18.6. The van der Waals surface area contributed by atoms with Crippen LogP contribution in [0.2, 0.25) is 0 Å². The summed E-state index contributed by atoms with van der Waals surface area (Å²) in [7, 11) is 0. The van der Waals surface area contributed by atoms with Gasteiger partial charge in [-0.3, -0.25) is 48.6 Å². The molecule has 11 rings (SSSR count). The first-order valence-electron chi connectivity index (χ1n) is 28.1. The van der Waals surface area contributed by atoms with Crippen molar-refractivity contribution in [1.82, 2.24) is 41.3 Å². The number of benzene rings is 3. The Labute approximate surface area is 454 Å². The van der Waals surface area contributed by atoms with Crippen LogP contribution < -0.4 is 36.4 Å². The fourth-order valence-electron chi connectivity index (χ4n) is 14.2. The zero-order valence-electron chi connectivity index (χ0n) is 45.1. The molecule has 2 unspecified atom stereocenters. The van der Waals surface area contributed by atoms with Crippen LogP contribution in [0.4, 0.5) is 11.4 Å². The summed E-state index contributed by atoms with van der Waals surface area (Å²) in [6, 6.07) is 12.3. The number of hydrogen-bond acceptors (Lipinski definition) is 12. The number of nitrogens with zero attached hydrogens (tertiary/aromatic N) is 5. The molecule has 6 fully saturated rings. The van der Waals surface area contributed by atoms with E-state index in [0.717, 1.165) is 0 Å². The van der Waals surface area contributed by atoms with Crippen molar-refractivity contribution in [1.29, 1.82) is 0 Å². The standard InChI is InChI=1S/C58H72N10O10/c1-7-31(5)45-50(73)59-38-28-57(35-15-9-11-17-39(35)66-52(75)43(67(51(38)74)56(57)66)27-33-21-23-34(69)24-22-33)68-40-18-12-10-16-36(40)58(78)29-37(60-55(58)68)47(70)63-46(32(6)8-2)54(77)65-26-14-19-41(65)48(71)61-44(30(3)4)53(76)64-25-13-20-42(64)49(72)62-45/h9-12,15-18,21-24,30-32,37-38,41-46,55-56,60,69,78H,7-8,13-14,19-20,25-29H2,1-6H3,(H,59,73)(H,61,71)(H,62,72)(H,63,70)/t31?,32?,37-,38-,41-,42-,43-,44-,45-,46-,55+,56-,57+,58+/m0/s1. The van der Waals surface area contributed by atoms with Crippen LogP contribution >= 0.6 is 0 Å². The molecule has 8 aliphatic rings. The van der Waals surface area contributed by atoms with E-state index >= 15 is 19.2 Å². The average Bonchev–Trinajstić information content (AvgIpc) is 2.26. The maximum atomic E-state index is 15.7. The highest BCUT2D eigenvalue weighted by Gasteiger charge is 2.73. The fourth-order valence-corrected chi connectivity index (χ4v) is 14.2. The Morgan fingerprint density at radius 1 is 0.603 bits per heavy atom. The second-order valence-corrected chi connectivity index (χ2v) is 23.4. The summed E-state index contributed by atoms with van der Waals surface area (Å²) in [6.07, 6.45) is 0.236. The molecule has 6 saturated heterocycles.